The lowest BCUT2D eigenvalue weighted by atomic mass is 10.1. The minimum absolute atomic E-state index is 0.106. The maximum atomic E-state index is 5.80. The van der Waals surface area contributed by atoms with Crippen molar-refractivity contribution in [3.63, 3.8) is 0 Å². The Balaban J connectivity index is 1.86. The van der Waals surface area contributed by atoms with Crippen LogP contribution in [0.15, 0.2) is 24.3 Å². The molecule has 1 unspecified atom stereocenters. The lowest BCUT2D eigenvalue weighted by Crippen LogP contribution is -2.29. The van der Waals surface area contributed by atoms with E-state index < -0.39 is 0 Å². The Morgan fingerprint density at radius 2 is 2.20 bits per heavy atom. The molecule has 0 amide bonds. The lowest BCUT2D eigenvalue weighted by molar-refractivity contribution is 0.590. The number of hydrogen-bond acceptors (Lipinski definition) is 5. The number of benzene rings is 1. The maximum Gasteiger partial charge on any atom is 0.146 e. The molecule has 1 atom stereocenters. The second-order valence-corrected chi connectivity index (χ2v) is 5.99. The van der Waals surface area contributed by atoms with E-state index in [1.165, 1.54) is 22.7 Å². The molecular formula is C15H22N4S. The molecule has 0 fully saturated rings. The molecule has 20 heavy (non-hydrogen) atoms. The van der Waals surface area contributed by atoms with E-state index in [0.717, 1.165) is 36.5 Å². The van der Waals surface area contributed by atoms with E-state index >= 15 is 0 Å². The summed E-state index contributed by atoms with van der Waals surface area (Å²) in [4.78, 5) is 4.59. The van der Waals surface area contributed by atoms with Crippen LogP contribution in [0.25, 0.3) is 0 Å². The van der Waals surface area contributed by atoms with E-state index in [1.54, 1.807) is 0 Å². The zero-order valence-electron chi connectivity index (χ0n) is 11.9. The Morgan fingerprint density at radius 1 is 1.35 bits per heavy atom. The summed E-state index contributed by atoms with van der Waals surface area (Å²) in [6.07, 6.45) is 3.72. The number of aryl methyl sites for hydroxylation is 2. The fourth-order valence-electron chi connectivity index (χ4n) is 2.10. The van der Waals surface area contributed by atoms with Gasteiger partial charge in [0.15, 0.2) is 0 Å². The highest BCUT2D eigenvalue weighted by Gasteiger charge is 2.06. The van der Waals surface area contributed by atoms with E-state index in [9.17, 15) is 0 Å². The molecule has 1 aromatic heterocycles. The minimum Gasteiger partial charge on any atom is -0.329 e. The van der Waals surface area contributed by atoms with Gasteiger partial charge in [-0.1, -0.05) is 29.8 Å². The topological polar surface area (TPSA) is 77.8 Å². The zero-order chi connectivity index (χ0) is 14.4. The molecule has 2 rings (SSSR count). The first-order chi connectivity index (χ1) is 9.67. The quantitative estimate of drug-likeness (QED) is 0.818. The first-order valence-electron chi connectivity index (χ1n) is 7.00. The van der Waals surface area contributed by atoms with Crippen molar-refractivity contribution in [1.29, 1.82) is 0 Å². The Bertz CT molecular complexity index is 538. The number of nitrogens with two attached hydrogens (primary N) is 2. The fraction of sp³-hybridized carbons (Fsp3) is 0.467. The molecule has 0 aliphatic carbocycles. The van der Waals surface area contributed by atoms with E-state index in [0.29, 0.717) is 6.54 Å². The molecule has 0 aliphatic rings. The smallest absolute Gasteiger partial charge is 0.146 e. The molecule has 0 bridgehead atoms. The molecule has 0 radical (unpaired) electrons. The number of rotatable bonds is 7. The van der Waals surface area contributed by atoms with E-state index in [4.69, 9.17) is 11.5 Å². The van der Waals surface area contributed by atoms with Crippen molar-refractivity contribution in [3.05, 3.63) is 46.2 Å². The summed E-state index contributed by atoms with van der Waals surface area (Å²) in [5.41, 5.74) is 13.8. The third-order valence-electron chi connectivity index (χ3n) is 3.22. The molecule has 108 valence electrons. The van der Waals surface area contributed by atoms with Crippen LogP contribution in [-0.4, -0.2) is 21.9 Å². The van der Waals surface area contributed by atoms with Gasteiger partial charge >= 0.3 is 0 Å². The largest absolute Gasteiger partial charge is 0.329 e. The van der Waals surface area contributed by atoms with Gasteiger partial charge in [0.1, 0.15) is 10.8 Å². The molecule has 0 spiro atoms. The summed E-state index contributed by atoms with van der Waals surface area (Å²) in [6.45, 7) is 2.65. The molecule has 1 heterocycles. The predicted molar refractivity (Wildman–Crippen MR) is 83.9 cm³/mol. The van der Waals surface area contributed by atoms with E-state index in [1.807, 2.05) is 0 Å². The molecule has 4 N–H and O–H groups in total. The van der Waals surface area contributed by atoms with Crippen LogP contribution in [0.5, 0.6) is 0 Å². The Morgan fingerprint density at radius 3 is 2.95 bits per heavy atom. The summed E-state index contributed by atoms with van der Waals surface area (Å²) >= 11 is 1.50. The van der Waals surface area contributed by atoms with Crippen LogP contribution in [0.4, 0.5) is 0 Å². The van der Waals surface area contributed by atoms with Gasteiger partial charge < -0.3 is 11.5 Å². The fourth-order valence-corrected chi connectivity index (χ4v) is 2.80. The Hall–Kier alpha value is -1.30. The van der Waals surface area contributed by atoms with Crippen molar-refractivity contribution >= 4 is 11.5 Å². The first kappa shape index (κ1) is 15.1. The van der Waals surface area contributed by atoms with E-state index in [-0.39, 0.29) is 6.04 Å². The second kappa shape index (κ2) is 7.47. The molecular weight excluding hydrogens is 268 g/mol. The molecule has 5 heteroatoms. The monoisotopic (exact) mass is 290 g/mol. The number of nitrogens with zero attached hydrogens (tertiary/aromatic N) is 2. The summed E-state index contributed by atoms with van der Waals surface area (Å²) in [5.74, 6) is 0.915. The summed E-state index contributed by atoms with van der Waals surface area (Å²) in [7, 11) is 0. The molecule has 1 aromatic carbocycles. The van der Waals surface area contributed by atoms with Gasteiger partial charge in [0.25, 0.3) is 0 Å². The number of hydrogen-bond donors (Lipinski definition) is 2. The van der Waals surface area contributed by atoms with Gasteiger partial charge in [-0.05, 0) is 36.9 Å². The van der Waals surface area contributed by atoms with Crippen LogP contribution < -0.4 is 11.5 Å². The maximum absolute atomic E-state index is 5.80. The van der Waals surface area contributed by atoms with Gasteiger partial charge in [-0.3, -0.25) is 0 Å². The average molecular weight is 290 g/mol. The van der Waals surface area contributed by atoms with Crippen molar-refractivity contribution in [3.8, 4) is 0 Å². The summed E-state index contributed by atoms with van der Waals surface area (Å²) < 4.78 is 4.43. The predicted octanol–water partition coefficient (Wildman–Crippen LogP) is 2.05. The van der Waals surface area contributed by atoms with Crippen molar-refractivity contribution in [1.82, 2.24) is 9.36 Å². The zero-order valence-corrected chi connectivity index (χ0v) is 12.7. The molecule has 0 saturated heterocycles. The van der Waals surface area contributed by atoms with E-state index in [2.05, 4.69) is 40.5 Å². The van der Waals surface area contributed by atoms with Gasteiger partial charge in [-0.2, -0.15) is 4.37 Å². The van der Waals surface area contributed by atoms with Crippen LogP contribution >= 0.6 is 11.5 Å². The van der Waals surface area contributed by atoms with Crippen LogP contribution in [0.3, 0.4) is 0 Å². The highest BCUT2D eigenvalue weighted by atomic mass is 32.1. The first-order valence-corrected chi connectivity index (χ1v) is 7.77. The van der Waals surface area contributed by atoms with Crippen molar-refractivity contribution < 1.29 is 0 Å². The van der Waals surface area contributed by atoms with Crippen LogP contribution in [0.1, 0.15) is 34.8 Å². The van der Waals surface area contributed by atoms with Gasteiger partial charge in [0.05, 0.1) is 0 Å². The van der Waals surface area contributed by atoms with Crippen LogP contribution in [0.2, 0.25) is 0 Å². The van der Waals surface area contributed by atoms with Crippen LogP contribution in [-0.2, 0) is 12.8 Å². The minimum atomic E-state index is 0.106. The SMILES string of the molecule is Cc1cccc(Cc2nsc(CCCC(N)CN)n2)c1. The highest BCUT2D eigenvalue weighted by Crippen LogP contribution is 2.13. The second-order valence-electron chi connectivity index (χ2n) is 5.16. The third kappa shape index (κ3) is 4.67. The Kier molecular flexibility index (Phi) is 5.64. The van der Waals surface area contributed by atoms with Gasteiger partial charge in [-0.15, -0.1) is 0 Å². The highest BCUT2D eigenvalue weighted by molar-refractivity contribution is 7.05. The van der Waals surface area contributed by atoms with Crippen molar-refractivity contribution in [2.75, 3.05) is 6.54 Å². The van der Waals surface area contributed by atoms with Crippen LogP contribution in [0, 0.1) is 6.92 Å². The lowest BCUT2D eigenvalue weighted by Gasteiger charge is -2.06. The number of aromatic nitrogens is 2. The molecule has 4 nitrogen and oxygen atoms in total. The normalized spacial score (nSPS) is 12.6. The summed E-state index contributed by atoms with van der Waals surface area (Å²) in [5, 5.41) is 1.09. The van der Waals surface area contributed by atoms with Gasteiger partial charge in [-0.25, -0.2) is 4.98 Å². The van der Waals surface area contributed by atoms with Gasteiger partial charge in [0, 0.05) is 25.4 Å². The Labute approximate surface area is 124 Å². The average Bonchev–Trinajstić information content (AvgIpc) is 2.86. The van der Waals surface area contributed by atoms with Crippen molar-refractivity contribution in [2.24, 2.45) is 11.5 Å². The van der Waals surface area contributed by atoms with Crippen molar-refractivity contribution in [2.45, 2.75) is 38.6 Å². The third-order valence-corrected chi connectivity index (χ3v) is 4.03. The molecule has 0 aliphatic heterocycles. The van der Waals surface area contributed by atoms with Gasteiger partial charge in [0.2, 0.25) is 0 Å². The molecule has 2 aromatic rings. The summed E-state index contributed by atoms with van der Waals surface area (Å²) in [6, 6.07) is 8.58. The molecule has 0 saturated carbocycles. The standard InChI is InChI=1S/C15H22N4S/c1-11-4-2-5-12(8-11)9-14-18-15(20-19-14)7-3-6-13(17)10-16/h2,4-5,8,13H,3,6-7,9-10,16-17H2,1H3.